The van der Waals surface area contributed by atoms with Gasteiger partial charge in [-0.3, -0.25) is 4.72 Å². The summed E-state index contributed by atoms with van der Waals surface area (Å²) < 4.78 is 22.4. The van der Waals surface area contributed by atoms with Crippen molar-refractivity contribution in [2.75, 3.05) is 48.5 Å². The Hall–Kier alpha value is -3.22. The lowest BCUT2D eigenvalue weighted by atomic mass is 10.2. The molecule has 198 valence electrons. The Morgan fingerprint density at radius 2 is 1.95 bits per heavy atom. The lowest BCUT2D eigenvalue weighted by Gasteiger charge is -2.17. The van der Waals surface area contributed by atoms with Gasteiger partial charge >= 0.3 is 6.03 Å². The lowest BCUT2D eigenvalue weighted by molar-refractivity contribution is 0.257. The number of nitrogens with one attached hydrogen (secondary N) is 3. The number of hydrogen-bond donors (Lipinski definition) is 4. The van der Waals surface area contributed by atoms with E-state index in [1.54, 1.807) is 36.5 Å². The van der Waals surface area contributed by atoms with Crippen LogP contribution in [0.4, 0.5) is 27.7 Å². The third kappa shape index (κ3) is 8.41. The molecule has 0 aliphatic carbocycles. The average Bonchev–Trinajstić information content (AvgIpc) is 2.83. The van der Waals surface area contributed by atoms with Gasteiger partial charge in [-0.1, -0.05) is 0 Å². The van der Waals surface area contributed by atoms with Crippen LogP contribution in [0.15, 0.2) is 58.0 Å². The Labute approximate surface area is 230 Å². The summed E-state index contributed by atoms with van der Waals surface area (Å²) in [5.41, 5.74) is 7.89. The summed E-state index contributed by atoms with van der Waals surface area (Å²) >= 11 is 9.19. The highest BCUT2D eigenvalue weighted by atomic mass is 79.9. The fourth-order valence-electron chi connectivity index (χ4n) is 3.20. The van der Waals surface area contributed by atoms with Gasteiger partial charge in [0.1, 0.15) is 11.6 Å². The molecule has 1 unspecified atom stereocenters. The summed E-state index contributed by atoms with van der Waals surface area (Å²) in [6.45, 7) is 0.964. The van der Waals surface area contributed by atoms with Gasteiger partial charge in [-0.25, -0.2) is 14.0 Å². The van der Waals surface area contributed by atoms with Crippen LogP contribution in [0.2, 0.25) is 5.28 Å². The van der Waals surface area contributed by atoms with Crippen molar-refractivity contribution in [1.29, 1.82) is 0 Å². The zero-order chi connectivity index (χ0) is 27.0. The van der Waals surface area contributed by atoms with Crippen LogP contribution in [0.1, 0.15) is 12.8 Å². The highest BCUT2D eigenvalue weighted by Gasteiger charge is 2.18. The first-order valence-electron chi connectivity index (χ1n) is 11.2. The molecule has 1 aromatic heterocycles. The minimum Gasteiger partial charge on any atom is -0.492 e. The van der Waals surface area contributed by atoms with Gasteiger partial charge in [-0.2, -0.15) is 4.98 Å². The minimum atomic E-state index is -3.24. The van der Waals surface area contributed by atoms with Crippen molar-refractivity contribution in [3.8, 4) is 5.75 Å². The van der Waals surface area contributed by atoms with Crippen LogP contribution in [0, 0.1) is 0 Å². The number of ether oxygens (including phenoxy) is 1. The summed E-state index contributed by atoms with van der Waals surface area (Å²) in [5, 5.41) is 6.00. The van der Waals surface area contributed by atoms with E-state index in [-0.39, 0.29) is 10.2 Å². The zero-order valence-electron chi connectivity index (χ0n) is 20.5. The molecule has 0 spiro atoms. The molecular weight excluding hydrogens is 582 g/mol. The maximum atomic E-state index is 13.4. The smallest absolute Gasteiger partial charge is 0.330 e. The van der Waals surface area contributed by atoms with Crippen molar-refractivity contribution in [2.24, 2.45) is 0 Å². The molecule has 0 radical (unpaired) electrons. The van der Waals surface area contributed by atoms with Gasteiger partial charge in [0.2, 0.25) is 5.28 Å². The van der Waals surface area contributed by atoms with Gasteiger partial charge in [0.15, 0.2) is 0 Å². The predicted molar refractivity (Wildman–Crippen MR) is 155 cm³/mol. The number of nitrogens with zero attached hydrogens (tertiary/aromatic N) is 3. The van der Waals surface area contributed by atoms with Crippen molar-refractivity contribution < 1.29 is 13.7 Å². The van der Waals surface area contributed by atoms with E-state index in [9.17, 15) is 9.00 Å². The Morgan fingerprint density at radius 3 is 2.65 bits per heavy atom. The molecule has 0 bridgehead atoms. The number of nitrogen functional groups attached to an aromatic ring is 1. The molecule has 13 heteroatoms. The van der Waals surface area contributed by atoms with Gasteiger partial charge in [0.25, 0.3) is 0 Å². The van der Waals surface area contributed by atoms with Crippen LogP contribution in [-0.2, 0) is 9.71 Å². The van der Waals surface area contributed by atoms with E-state index in [2.05, 4.69) is 47.1 Å². The largest absolute Gasteiger partial charge is 0.492 e. The second kappa shape index (κ2) is 12.8. The second-order valence-electron chi connectivity index (χ2n) is 8.20. The van der Waals surface area contributed by atoms with Crippen LogP contribution in [0.3, 0.4) is 0 Å². The van der Waals surface area contributed by atoms with Crippen LogP contribution in [0.5, 0.6) is 5.75 Å². The Morgan fingerprint density at radius 1 is 1.22 bits per heavy atom. The molecule has 3 aromatic rings. The van der Waals surface area contributed by atoms with E-state index in [0.29, 0.717) is 47.0 Å². The van der Waals surface area contributed by atoms with Gasteiger partial charge < -0.3 is 26.0 Å². The molecule has 1 heterocycles. The van der Waals surface area contributed by atoms with E-state index < -0.39 is 15.7 Å². The van der Waals surface area contributed by atoms with Crippen LogP contribution in [-0.4, -0.2) is 53.3 Å². The normalized spacial score (nSPS) is 12.3. The van der Waals surface area contributed by atoms with E-state index >= 15 is 0 Å². The van der Waals surface area contributed by atoms with E-state index in [1.807, 2.05) is 31.1 Å². The third-order valence-corrected chi connectivity index (χ3v) is 7.38. The SMILES string of the molecule is C=S(=O)(NC(=O)Nc1ccc(N(C)C)cc1)c1ccc(N)cc1OCCCCNc1nc(Cl)ncc1Br. The number of hydrogen-bond acceptors (Lipinski definition) is 8. The Bertz CT molecular complexity index is 1340. The van der Waals surface area contributed by atoms with Crippen LogP contribution < -0.4 is 30.7 Å². The average molecular weight is 611 g/mol. The molecule has 37 heavy (non-hydrogen) atoms. The molecule has 0 aliphatic heterocycles. The topological polar surface area (TPSA) is 134 Å². The van der Waals surface area contributed by atoms with Crippen LogP contribution in [0.25, 0.3) is 0 Å². The molecule has 1 atom stereocenters. The molecular formula is C24H29BrClN7O3S. The number of carbonyl (C=O) groups excluding carboxylic acids is 1. The third-order valence-electron chi connectivity index (χ3n) is 5.06. The van der Waals surface area contributed by atoms with E-state index in [1.165, 1.54) is 0 Å². The number of carbonyl (C=O) groups is 1. The van der Waals surface area contributed by atoms with Gasteiger partial charge in [-0.05, 0) is 82.6 Å². The monoisotopic (exact) mass is 609 g/mol. The molecule has 2 amide bonds. The molecule has 0 aliphatic rings. The summed E-state index contributed by atoms with van der Waals surface area (Å²) in [5.74, 6) is 4.65. The summed E-state index contributed by atoms with van der Waals surface area (Å²) in [7, 11) is 0.609. The molecule has 5 N–H and O–H groups in total. The number of amides is 2. The molecule has 0 saturated carbocycles. The zero-order valence-corrected chi connectivity index (χ0v) is 23.6. The number of halogens is 2. The van der Waals surface area contributed by atoms with Gasteiger partial charge in [0, 0.05) is 50.0 Å². The van der Waals surface area contributed by atoms with Crippen molar-refractivity contribution in [1.82, 2.24) is 14.7 Å². The van der Waals surface area contributed by atoms with Gasteiger partial charge in [-0.15, -0.1) is 0 Å². The molecule has 2 aromatic carbocycles. The summed E-state index contributed by atoms with van der Waals surface area (Å²) in [4.78, 5) is 22.7. The number of nitrogens with two attached hydrogens (primary N) is 1. The number of benzene rings is 2. The number of rotatable bonds is 11. The van der Waals surface area contributed by atoms with Crippen LogP contribution >= 0.6 is 27.5 Å². The van der Waals surface area contributed by atoms with Crippen molar-refractivity contribution in [3.05, 3.63) is 58.4 Å². The lowest BCUT2D eigenvalue weighted by Crippen LogP contribution is -2.34. The first-order chi connectivity index (χ1) is 17.5. The number of unbranched alkanes of at least 4 members (excludes halogenated alkanes) is 1. The van der Waals surface area contributed by atoms with Crippen molar-refractivity contribution >= 4 is 72.0 Å². The highest BCUT2D eigenvalue weighted by molar-refractivity contribution is 9.10. The van der Waals surface area contributed by atoms with Gasteiger partial charge in [0.05, 0.1) is 25.7 Å². The second-order valence-corrected chi connectivity index (χ2v) is 11.4. The fraction of sp³-hybridized carbons (Fsp3) is 0.250. The quantitative estimate of drug-likeness (QED) is 0.107. The van der Waals surface area contributed by atoms with E-state index in [4.69, 9.17) is 22.1 Å². The van der Waals surface area contributed by atoms with Crippen molar-refractivity contribution in [2.45, 2.75) is 17.7 Å². The number of anilines is 4. The molecule has 0 saturated heterocycles. The van der Waals surface area contributed by atoms with E-state index in [0.717, 1.165) is 12.1 Å². The predicted octanol–water partition coefficient (Wildman–Crippen LogP) is 4.62. The number of aromatic nitrogens is 2. The summed E-state index contributed by atoms with van der Waals surface area (Å²) in [6.07, 6.45) is 3.03. The maximum absolute atomic E-state index is 13.4. The standard InChI is InChI=1S/C24H29BrClN7O3S/c1-33(2)18-9-7-17(8-10-18)30-24(34)32-37(3,35)21-11-6-16(27)14-20(21)36-13-5-4-12-28-22-19(25)15-29-23(26)31-22/h6-11,14-15H,3-5,12-13,27H2,1-2H3,(H,28,29,31)(H2,30,32,34,35). The first kappa shape index (κ1) is 28.4. The first-order valence-corrected chi connectivity index (χ1v) is 14.1. The Balaban J connectivity index is 1.55. The number of urea groups is 1. The highest BCUT2D eigenvalue weighted by Crippen LogP contribution is 2.27. The maximum Gasteiger partial charge on any atom is 0.330 e. The molecule has 0 fully saturated rings. The fourth-order valence-corrected chi connectivity index (χ4v) is 4.86. The minimum absolute atomic E-state index is 0.157. The molecule has 10 nitrogen and oxygen atoms in total. The molecule has 3 rings (SSSR count). The van der Waals surface area contributed by atoms with Crippen molar-refractivity contribution in [3.63, 3.8) is 0 Å². The Kier molecular flexibility index (Phi) is 9.84. The summed E-state index contributed by atoms with van der Waals surface area (Å²) in [6, 6.07) is 11.3.